The van der Waals surface area contributed by atoms with Crippen LogP contribution in [-0.2, 0) is 18.4 Å². The van der Waals surface area contributed by atoms with Crippen LogP contribution in [0.2, 0.25) is 5.15 Å². The van der Waals surface area contributed by atoms with Gasteiger partial charge in [-0.3, -0.25) is 9.48 Å². The van der Waals surface area contributed by atoms with E-state index < -0.39 is 5.82 Å². The Morgan fingerprint density at radius 2 is 2.27 bits per heavy atom. The second-order valence-electron chi connectivity index (χ2n) is 5.49. The molecule has 9 heteroatoms. The Hall–Kier alpha value is -3.00. The van der Waals surface area contributed by atoms with Crippen LogP contribution >= 0.6 is 11.6 Å². The first-order valence-electron chi connectivity index (χ1n) is 7.67. The van der Waals surface area contributed by atoms with E-state index in [2.05, 4.69) is 20.6 Å². The number of carbonyl (C=O) groups excluding carboxylic acids is 1. The molecule has 7 nitrogen and oxygen atoms in total. The SMILES string of the molecule is Cc1nn(C)c(Cl)c1/C=C/C(=O)NCc1noc(-c2cccc(F)c2)n1. The van der Waals surface area contributed by atoms with E-state index in [4.69, 9.17) is 16.1 Å². The Morgan fingerprint density at radius 3 is 2.96 bits per heavy atom. The number of aryl methyl sites for hydroxylation is 2. The third-order valence-electron chi connectivity index (χ3n) is 3.56. The summed E-state index contributed by atoms with van der Waals surface area (Å²) in [5, 5.41) is 11.0. The highest BCUT2D eigenvalue weighted by molar-refractivity contribution is 6.31. The molecule has 0 atom stereocenters. The van der Waals surface area contributed by atoms with Crippen molar-refractivity contribution >= 4 is 23.6 Å². The van der Waals surface area contributed by atoms with Crippen molar-refractivity contribution in [3.63, 3.8) is 0 Å². The van der Waals surface area contributed by atoms with Gasteiger partial charge in [0.15, 0.2) is 5.82 Å². The lowest BCUT2D eigenvalue weighted by atomic mass is 10.2. The van der Waals surface area contributed by atoms with Crippen molar-refractivity contribution in [1.82, 2.24) is 25.2 Å². The highest BCUT2D eigenvalue weighted by Gasteiger charge is 2.11. The summed E-state index contributed by atoms with van der Waals surface area (Å²) in [4.78, 5) is 16.1. The molecule has 0 aliphatic carbocycles. The van der Waals surface area contributed by atoms with E-state index in [0.29, 0.717) is 16.3 Å². The molecule has 134 valence electrons. The van der Waals surface area contributed by atoms with E-state index in [1.54, 1.807) is 32.2 Å². The number of benzene rings is 1. The van der Waals surface area contributed by atoms with Crippen molar-refractivity contribution in [1.29, 1.82) is 0 Å². The van der Waals surface area contributed by atoms with Gasteiger partial charge in [-0.25, -0.2) is 4.39 Å². The summed E-state index contributed by atoms with van der Waals surface area (Å²) in [6.07, 6.45) is 2.94. The Morgan fingerprint density at radius 1 is 1.46 bits per heavy atom. The second-order valence-corrected chi connectivity index (χ2v) is 5.85. The van der Waals surface area contributed by atoms with Crippen molar-refractivity contribution in [2.45, 2.75) is 13.5 Å². The van der Waals surface area contributed by atoms with Gasteiger partial charge in [0.25, 0.3) is 5.89 Å². The summed E-state index contributed by atoms with van der Waals surface area (Å²) in [6, 6.07) is 5.82. The Labute approximate surface area is 153 Å². The summed E-state index contributed by atoms with van der Waals surface area (Å²) in [5.41, 5.74) is 1.87. The van der Waals surface area contributed by atoms with E-state index in [1.807, 2.05) is 0 Å². The van der Waals surface area contributed by atoms with Crippen LogP contribution in [0.15, 0.2) is 34.9 Å². The average molecular weight is 376 g/mol. The van der Waals surface area contributed by atoms with Gasteiger partial charge in [-0.05, 0) is 31.2 Å². The average Bonchev–Trinajstić information content (AvgIpc) is 3.17. The molecule has 0 aliphatic rings. The van der Waals surface area contributed by atoms with Crippen LogP contribution in [0.4, 0.5) is 4.39 Å². The van der Waals surface area contributed by atoms with E-state index in [9.17, 15) is 9.18 Å². The maximum atomic E-state index is 13.2. The van der Waals surface area contributed by atoms with Crippen LogP contribution in [-0.4, -0.2) is 25.8 Å². The highest BCUT2D eigenvalue weighted by Crippen LogP contribution is 2.20. The number of rotatable bonds is 5. The molecular weight excluding hydrogens is 361 g/mol. The molecule has 3 rings (SSSR count). The minimum absolute atomic E-state index is 0.0712. The number of hydrogen-bond acceptors (Lipinski definition) is 5. The summed E-state index contributed by atoms with van der Waals surface area (Å²) in [6.45, 7) is 1.87. The first-order valence-corrected chi connectivity index (χ1v) is 8.05. The quantitative estimate of drug-likeness (QED) is 0.693. The van der Waals surface area contributed by atoms with Gasteiger partial charge in [0, 0.05) is 24.3 Å². The van der Waals surface area contributed by atoms with Crippen molar-refractivity contribution in [3.8, 4) is 11.5 Å². The lowest BCUT2D eigenvalue weighted by Gasteiger charge is -1.97. The topological polar surface area (TPSA) is 85.8 Å². The molecule has 0 aliphatic heterocycles. The second kappa shape index (κ2) is 7.49. The van der Waals surface area contributed by atoms with Gasteiger partial charge in [0.2, 0.25) is 5.91 Å². The summed E-state index contributed by atoms with van der Waals surface area (Å²) in [5.74, 6) is -0.282. The predicted octanol–water partition coefficient (Wildman–Crippen LogP) is 2.90. The van der Waals surface area contributed by atoms with Crippen LogP contribution in [0.1, 0.15) is 17.1 Å². The van der Waals surface area contributed by atoms with Gasteiger partial charge in [0.05, 0.1) is 12.2 Å². The van der Waals surface area contributed by atoms with Gasteiger partial charge in [-0.2, -0.15) is 10.1 Å². The number of aromatic nitrogens is 4. The lowest BCUT2D eigenvalue weighted by molar-refractivity contribution is -0.116. The molecule has 0 spiro atoms. The fourth-order valence-electron chi connectivity index (χ4n) is 2.28. The zero-order valence-corrected chi connectivity index (χ0v) is 14.8. The molecule has 0 unspecified atom stereocenters. The van der Waals surface area contributed by atoms with Crippen LogP contribution < -0.4 is 5.32 Å². The normalized spacial score (nSPS) is 11.2. The summed E-state index contributed by atoms with van der Waals surface area (Å²) < 4.78 is 19.8. The van der Waals surface area contributed by atoms with Crippen molar-refractivity contribution in [2.24, 2.45) is 7.05 Å². The van der Waals surface area contributed by atoms with Gasteiger partial charge in [-0.1, -0.05) is 22.8 Å². The standard InChI is InChI=1S/C17H15ClFN5O2/c1-10-13(16(18)24(2)22-10)6-7-15(25)20-9-14-21-17(26-23-14)11-4-3-5-12(19)8-11/h3-8H,9H2,1-2H3,(H,20,25)/b7-6+. The molecule has 0 fully saturated rings. The largest absolute Gasteiger partial charge is 0.345 e. The number of carbonyl (C=O) groups is 1. The molecule has 1 amide bonds. The zero-order chi connectivity index (χ0) is 18.7. The zero-order valence-electron chi connectivity index (χ0n) is 14.0. The highest BCUT2D eigenvalue weighted by atomic mass is 35.5. The number of amides is 1. The molecule has 2 aromatic heterocycles. The van der Waals surface area contributed by atoms with E-state index in [1.165, 1.54) is 22.9 Å². The molecule has 2 heterocycles. The predicted molar refractivity (Wildman–Crippen MR) is 93.5 cm³/mol. The number of nitrogens with one attached hydrogen (secondary N) is 1. The van der Waals surface area contributed by atoms with Gasteiger partial charge in [-0.15, -0.1) is 0 Å². The molecule has 0 bridgehead atoms. The molecular formula is C17H15ClFN5O2. The molecule has 0 saturated carbocycles. The monoisotopic (exact) mass is 375 g/mol. The first-order chi connectivity index (χ1) is 12.4. The third kappa shape index (κ3) is 3.97. The molecule has 1 N–H and O–H groups in total. The molecule has 26 heavy (non-hydrogen) atoms. The van der Waals surface area contributed by atoms with Crippen molar-refractivity contribution in [3.05, 3.63) is 58.4 Å². The Kier molecular flexibility index (Phi) is 5.13. The smallest absolute Gasteiger partial charge is 0.258 e. The van der Waals surface area contributed by atoms with Crippen LogP contribution in [0.25, 0.3) is 17.5 Å². The number of halogens is 2. The minimum atomic E-state index is -0.398. The fraction of sp³-hybridized carbons (Fsp3) is 0.176. The van der Waals surface area contributed by atoms with E-state index in [0.717, 1.165) is 5.69 Å². The maximum Gasteiger partial charge on any atom is 0.258 e. The third-order valence-corrected chi connectivity index (χ3v) is 4.01. The van der Waals surface area contributed by atoms with E-state index in [-0.39, 0.29) is 24.2 Å². The molecule has 1 aromatic carbocycles. The van der Waals surface area contributed by atoms with Crippen LogP contribution in [0, 0.1) is 12.7 Å². The van der Waals surface area contributed by atoms with Crippen LogP contribution in [0.5, 0.6) is 0 Å². The van der Waals surface area contributed by atoms with Gasteiger partial charge >= 0.3 is 0 Å². The van der Waals surface area contributed by atoms with Gasteiger partial charge in [0.1, 0.15) is 11.0 Å². The molecule has 0 saturated heterocycles. The Balaban J connectivity index is 1.61. The Bertz CT molecular complexity index is 979. The lowest BCUT2D eigenvalue weighted by Crippen LogP contribution is -2.20. The number of hydrogen-bond donors (Lipinski definition) is 1. The first kappa shape index (κ1) is 17.8. The van der Waals surface area contributed by atoms with Crippen molar-refractivity contribution in [2.75, 3.05) is 0 Å². The molecule has 0 radical (unpaired) electrons. The summed E-state index contributed by atoms with van der Waals surface area (Å²) in [7, 11) is 1.72. The fourth-order valence-corrected chi connectivity index (χ4v) is 2.52. The number of nitrogens with zero attached hydrogens (tertiary/aromatic N) is 4. The van der Waals surface area contributed by atoms with Crippen LogP contribution in [0.3, 0.4) is 0 Å². The molecule has 3 aromatic rings. The van der Waals surface area contributed by atoms with Gasteiger partial charge < -0.3 is 9.84 Å². The van der Waals surface area contributed by atoms with Crippen molar-refractivity contribution < 1.29 is 13.7 Å². The summed E-state index contributed by atoms with van der Waals surface area (Å²) >= 11 is 6.10. The minimum Gasteiger partial charge on any atom is -0.345 e. The van der Waals surface area contributed by atoms with E-state index >= 15 is 0 Å². The maximum absolute atomic E-state index is 13.2.